The van der Waals surface area contributed by atoms with Crippen molar-refractivity contribution < 1.29 is 0 Å². The highest BCUT2D eigenvalue weighted by Gasteiger charge is 2.33. The highest BCUT2D eigenvalue weighted by Crippen LogP contribution is 2.41. The highest BCUT2D eigenvalue weighted by molar-refractivity contribution is 7.09. The molecule has 2 rings (SSSR count). The molecule has 0 spiro atoms. The Morgan fingerprint density at radius 2 is 2.11 bits per heavy atom. The predicted octanol–water partition coefficient (Wildman–Crippen LogP) is 3.94. The molecule has 1 heterocycles. The van der Waals surface area contributed by atoms with Gasteiger partial charge in [0.25, 0.3) is 0 Å². The second kappa shape index (κ2) is 6.16. The zero-order valence-electron chi connectivity index (χ0n) is 12.0. The second-order valence-electron chi connectivity index (χ2n) is 6.10. The van der Waals surface area contributed by atoms with Crippen LogP contribution in [0.3, 0.4) is 0 Å². The van der Waals surface area contributed by atoms with E-state index in [2.05, 4.69) is 31.1 Å². The van der Waals surface area contributed by atoms with Gasteiger partial charge in [-0.05, 0) is 38.0 Å². The van der Waals surface area contributed by atoms with Crippen LogP contribution >= 0.6 is 11.3 Å². The molecular weight excluding hydrogens is 240 g/mol. The minimum absolute atomic E-state index is 0.556. The van der Waals surface area contributed by atoms with E-state index in [4.69, 9.17) is 0 Å². The fourth-order valence-corrected chi connectivity index (χ4v) is 3.79. The van der Waals surface area contributed by atoms with E-state index >= 15 is 0 Å². The van der Waals surface area contributed by atoms with E-state index in [1.54, 1.807) is 0 Å². The number of rotatable bonds is 6. The van der Waals surface area contributed by atoms with Crippen LogP contribution in [0.1, 0.15) is 56.5 Å². The number of thiazole rings is 1. The van der Waals surface area contributed by atoms with E-state index in [-0.39, 0.29) is 0 Å². The van der Waals surface area contributed by atoms with Gasteiger partial charge in [0.15, 0.2) is 0 Å². The summed E-state index contributed by atoms with van der Waals surface area (Å²) < 4.78 is 0. The van der Waals surface area contributed by atoms with E-state index in [0.29, 0.717) is 11.5 Å². The first-order valence-electron chi connectivity index (χ1n) is 7.24. The van der Waals surface area contributed by atoms with Gasteiger partial charge in [-0.1, -0.05) is 26.7 Å². The van der Waals surface area contributed by atoms with Crippen molar-refractivity contribution in [1.29, 1.82) is 0 Å². The quantitative estimate of drug-likeness (QED) is 0.843. The maximum Gasteiger partial charge on any atom is 0.0797 e. The van der Waals surface area contributed by atoms with Crippen LogP contribution in [0.15, 0.2) is 5.51 Å². The van der Waals surface area contributed by atoms with E-state index in [1.807, 2.05) is 16.8 Å². The minimum Gasteiger partial charge on any atom is -0.314 e. The first kappa shape index (κ1) is 14.0. The molecule has 102 valence electrons. The van der Waals surface area contributed by atoms with E-state index in [1.165, 1.54) is 55.6 Å². The van der Waals surface area contributed by atoms with Crippen molar-refractivity contribution in [3.05, 3.63) is 16.1 Å². The Hall–Kier alpha value is -0.410. The fraction of sp³-hybridized carbons (Fsp3) is 0.800. The van der Waals surface area contributed by atoms with Crippen molar-refractivity contribution >= 4 is 11.3 Å². The molecule has 2 nitrogen and oxygen atoms in total. The molecular formula is C15H26N2S. The zero-order valence-corrected chi connectivity index (χ0v) is 12.8. The summed E-state index contributed by atoms with van der Waals surface area (Å²) in [5, 5.41) is 3.66. The van der Waals surface area contributed by atoms with Crippen LogP contribution in [0, 0.1) is 12.3 Å². The molecule has 1 aliphatic rings. The molecule has 0 saturated heterocycles. The third kappa shape index (κ3) is 3.55. The number of nitrogens with zero attached hydrogens (tertiary/aromatic N) is 1. The lowest BCUT2D eigenvalue weighted by atomic mass is 9.81. The minimum atomic E-state index is 0.556. The average Bonchev–Trinajstić information content (AvgIpc) is 2.94. The summed E-state index contributed by atoms with van der Waals surface area (Å²) in [6.45, 7) is 7.83. The summed E-state index contributed by atoms with van der Waals surface area (Å²) in [5.41, 5.74) is 3.78. The Balaban J connectivity index is 1.92. The van der Waals surface area contributed by atoms with Crippen molar-refractivity contribution in [2.45, 2.75) is 65.3 Å². The lowest BCUT2D eigenvalue weighted by Gasteiger charge is -2.30. The van der Waals surface area contributed by atoms with Crippen molar-refractivity contribution in [2.24, 2.45) is 5.41 Å². The topological polar surface area (TPSA) is 24.9 Å². The van der Waals surface area contributed by atoms with Crippen LogP contribution < -0.4 is 5.32 Å². The van der Waals surface area contributed by atoms with Gasteiger partial charge in [0.1, 0.15) is 0 Å². The maximum absolute atomic E-state index is 4.36. The molecule has 0 amide bonds. The Bertz CT molecular complexity index is 364. The smallest absolute Gasteiger partial charge is 0.0797 e. The number of aryl methyl sites for hydroxylation is 2. The molecule has 1 N–H and O–H groups in total. The summed E-state index contributed by atoms with van der Waals surface area (Å²) in [7, 11) is 0. The summed E-state index contributed by atoms with van der Waals surface area (Å²) in [6, 6.07) is 0.604. The van der Waals surface area contributed by atoms with E-state index < -0.39 is 0 Å². The average molecular weight is 266 g/mol. The summed E-state index contributed by atoms with van der Waals surface area (Å²) in [5.74, 6) is 0. The molecule has 0 unspecified atom stereocenters. The molecule has 1 fully saturated rings. The molecule has 0 radical (unpaired) electrons. The maximum atomic E-state index is 4.36. The molecule has 1 aliphatic carbocycles. The van der Waals surface area contributed by atoms with Gasteiger partial charge < -0.3 is 5.32 Å². The normalized spacial score (nSPS) is 18.7. The van der Waals surface area contributed by atoms with Gasteiger partial charge in [-0.3, -0.25) is 0 Å². The lowest BCUT2D eigenvalue weighted by molar-refractivity contribution is 0.250. The number of nitrogens with one attached hydrogen (secondary N) is 1. The van der Waals surface area contributed by atoms with Gasteiger partial charge in [-0.2, -0.15) is 0 Å². The van der Waals surface area contributed by atoms with E-state index in [0.717, 1.165) is 0 Å². The van der Waals surface area contributed by atoms with Crippen molar-refractivity contribution in [1.82, 2.24) is 10.3 Å². The van der Waals surface area contributed by atoms with Gasteiger partial charge in [-0.15, -0.1) is 11.3 Å². The number of hydrogen-bond acceptors (Lipinski definition) is 3. The zero-order chi connectivity index (χ0) is 13.0. The number of hydrogen-bond donors (Lipinski definition) is 1. The molecule has 18 heavy (non-hydrogen) atoms. The predicted molar refractivity (Wildman–Crippen MR) is 79.2 cm³/mol. The first-order chi connectivity index (χ1) is 8.61. The molecule has 1 aromatic rings. The molecule has 3 heteroatoms. The van der Waals surface area contributed by atoms with Gasteiger partial charge in [0.2, 0.25) is 0 Å². The Kier molecular flexibility index (Phi) is 4.79. The Morgan fingerprint density at radius 1 is 1.39 bits per heavy atom. The molecule has 0 aromatic carbocycles. The van der Waals surface area contributed by atoms with Crippen LogP contribution in [0.25, 0.3) is 0 Å². The Labute approximate surface area is 115 Å². The van der Waals surface area contributed by atoms with E-state index in [9.17, 15) is 0 Å². The van der Waals surface area contributed by atoms with Gasteiger partial charge in [0, 0.05) is 17.5 Å². The van der Waals surface area contributed by atoms with Gasteiger partial charge in [-0.25, -0.2) is 4.98 Å². The molecule has 1 saturated carbocycles. The van der Waals surface area contributed by atoms with Crippen LogP contribution in [-0.2, 0) is 6.42 Å². The monoisotopic (exact) mass is 266 g/mol. The SMILES string of the molecule is Cc1ncsc1CCC1(CNC(C)C)CCCC1. The molecule has 0 atom stereocenters. The van der Waals surface area contributed by atoms with Crippen LogP contribution in [0.5, 0.6) is 0 Å². The summed E-state index contributed by atoms with van der Waals surface area (Å²) >= 11 is 1.82. The van der Waals surface area contributed by atoms with Crippen molar-refractivity contribution in [3.63, 3.8) is 0 Å². The second-order valence-corrected chi connectivity index (χ2v) is 7.04. The molecule has 1 aromatic heterocycles. The van der Waals surface area contributed by atoms with Gasteiger partial charge in [0.05, 0.1) is 11.2 Å². The third-order valence-corrected chi connectivity index (χ3v) is 5.27. The van der Waals surface area contributed by atoms with Gasteiger partial charge >= 0.3 is 0 Å². The standard InChI is InChI=1S/C15H26N2S/c1-12(2)16-10-15(7-4-5-8-15)9-6-14-13(3)17-11-18-14/h11-12,16H,4-10H2,1-3H3. The van der Waals surface area contributed by atoms with Crippen LogP contribution in [-0.4, -0.2) is 17.6 Å². The Morgan fingerprint density at radius 3 is 2.67 bits per heavy atom. The van der Waals surface area contributed by atoms with Crippen LogP contribution in [0.2, 0.25) is 0 Å². The first-order valence-corrected chi connectivity index (χ1v) is 8.12. The fourth-order valence-electron chi connectivity index (χ4n) is 3.01. The third-order valence-electron chi connectivity index (χ3n) is 4.28. The van der Waals surface area contributed by atoms with Crippen molar-refractivity contribution in [3.8, 4) is 0 Å². The molecule has 0 aliphatic heterocycles. The highest BCUT2D eigenvalue weighted by atomic mass is 32.1. The lowest BCUT2D eigenvalue weighted by Crippen LogP contribution is -2.36. The van der Waals surface area contributed by atoms with Crippen LogP contribution in [0.4, 0.5) is 0 Å². The summed E-state index contributed by atoms with van der Waals surface area (Å²) in [6.07, 6.45) is 8.20. The summed E-state index contributed by atoms with van der Waals surface area (Å²) in [4.78, 5) is 5.85. The largest absolute Gasteiger partial charge is 0.314 e. The number of aromatic nitrogens is 1. The van der Waals surface area contributed by atoms with Crippen molar-refractivity contribution in [2.75, 3.05) is 6.54 Å². The molecule has 0 bridgehead atoms.